The Hall–Kier alpha value is -1.88. The van der Waals surface area contributed by atoms with Crippen LogP contribution in [-0.2, 0) is 20.8 Å². The third-order valence-electron chi connectivity index (χ3n) is 3.85. The summed E-state index contributed by atoms with van der Waals surface area (Å²) in [5.41, 5.74) is 6.81. The summed E-state index contributed by atoms with van der Waals surface area (Å²) in [5, 5.41) is 4.10. The van der Waals surface area contributed by atoms with Gasteiger partial charge in [-0.15, -0.1) is 0 Å². The molecule has 0 saturated heterocycles. The van der Waals surface area contributed by atoms with Gasteiger partial charge in [0.05, 0.1) is 12.8 Å². The molecule has 120 valence electrons. The molecule has 2 rings (SSSR count). The molecule has 1 aliphatic rings. The van der Waals surface area contributed by atoms with Crippen LogP contribution in [0.2, 0.25) is 0 Å². The number of carbonyl (C=O) groups excluding carboxylic acids is 1. The van der Waals surface area contributed by atoms with Crippen molar-refractivity contribution in [3.05, 3.63) is 35.9 Å². The quantitative estimate of drug-likeness (QED) is 0.818. The summed E-state index contributed by atoms with van der Waals surface area (Å²) >= 11 is 0. The van der Waals surface area contributed by atoms with E-state index in [4.69, 9.17) is 15.3 Å². The Bertz CT molecular complexity index is 542. The zero-order valence-corrected chi connectivity index (χ0v) is 13.4. The van der Waals surface area contributed by atoms with Crippen molar-refractivity contribution in [1.82, 2.24) is 0 Å². The second kappa shape index (κ2) is 6.92. The molecule has 1 aromatic carbocycles. The molecule has 0 amide bonds. The molecule has 1 heterocycles. The lowest BCUT2D eigenvalue weighted by molar-refractivity contribution is -0.166. The Morgan fingerprint density at radius 1 is 1.41 bits per heavy atom. The molecule has 0 aromatic heterocycles. The highest BCUT2D eigenvalue weighted by molar-refractivity contribution is 5.96. The van der Waals surface area contributed by atoms with Crippen LogP contribution in [0.5, 0.6) is 0 Å². The van der Waals surface area contributed by atoms with Crippen molar-refractivity contribution < 1.29 is 14.4 Å². The molecule has 0 radical (unpaired) electrons. The number of rotatable bonds is 6. The highest BCUT2D eigenvalue weighted by Gasteiger charge is 2.48. The van der Waals surface area contributed by atoms with E-state index in [9.17, 15) is 4.79 Å². The number of nitrogens with zero attached hydrogens (tertiary/aromatic N) is 1. The number of methoxy groups -OCH3 is 1. The molecule has 0 bridgehead atoms. The van der Waals surface area contributed by atoms with E-state index >= 15 is 0 Å². The van der Waals surface area contributed by atoms with Crippen molar-refractivity contribution in [3.8, 4) is 0 Å². The summed E-state index contributed by atoms with van der Waals surface area (Å²) in [7, 11) is 1.37. The van der Waals surface area contributed by atoms with Crippen LogP contribution >= 0.6 is 0 Å². The molecule has 0 spiro atoms. The lowest BCUT2D eigenvalue weighted by Gasteiger charge is -2.24. The van der Waals surface area contributed by atoms with Crippen molar-refractivity contribution in [2.75, 3.05) is 7.11 Å². The van der Waals surface area contributed by atoms with Crippen molar-refractivity contribution in [2.45, 2.75) is 44.8 Å². The topological polar surface area (TPSA) is 73.9 Å². The summed E-state index contributed by atoms with van der Waals surface area (Å²) in [6.07, 6.45) is 1.61. The first-order chi connectivity index (χ1) is 10.5. The average Bonchev–Trinajstić information content (AvgIpc) is 2.92. The van der Waals surface area contributed by atoms with E-state index in [1.165, 1.54) is 7.11 Å². The number of benzene rings is 1. The third-order valence-corrected chi connectivity index (χ3v) is 3.85. The van der Waals surface area contributed by atoms with E-state index < -0.39 is 11.6 Å². The fourth-order valence-electron chi connectivity index (χ4n) is 2.73. The zero-order chi connectivity index (χ0) is 16.2. The van der Waals surface area contributed by atoms with Gasteiger partial charge in [-0.05, 0) is 17.9 Å². The number of oxime groups is 1. The van der Waals surface area contributed by atoms with Crippen LogP contribution in [0.1, 0.15) is 32.3 Å². The van der Waals surface area contributed by atoms with Crippen LogP contribution in [0.25, 0.3) is 0 Å². The van der Waals surface area contributed by atoms with E-state index in [0.29, 0.717) is 18.8 Å². The van der Waals surface area contributed by atoms with Crippen LogP contribution in [0, 0.1) is 5.92 Å². The van der Waals surface area contributed by atoms with Gasteiger partial charge in [0.1, 0.15) is 0 Å². The normalized spacial score (nSPS) is 22.1. The van der Waals surface area contributed by atoms with Gasteiger partial charge in [0.25, 0.3) is 0 Å². The van der Waals surface area contributed by atoms with Gasteiger partial charge < -0.3 is 15.3 Å². The van der Waals surface area contributed by atoms with Crippen molar-refractivity contribution in [2.24, 2.45) is 16.8 Å². The summed E-state index contributed by atoms with van der Waals surface area (Å²) in [6, 6.07) is 9.52. The monoisotopic (exact) mass is 304 g/mol. The van der Waals surface area contributed by atoms with E-state index in [2.05, 4.69) is 19.0 Å². The number of nitrogens with two attached hydrogens (primary N) is 1. The molecule has 1 aromatic rings. The largest absolute Gasteiger partial charge is 0.466 e. The van der Waals surface area contributed by atoms with Gasteiger partial charge >= 0.3 is 5.97 Å². The predicted molar refractivity (Wildman–Crippen MR) is 85.5 cm³/mol. The predicted octanol–water partition coefficient (Wildman–Crippen LogP) is 2.29. The lowest BCUT2D eigenvalue weighted by Crippen LogP contribution is -2.44. The first-order valence-corrected chi connectivity index (χ1v) is 7.59. The molecule has 1 unspecified atom stereocenters. The molecule has 5 heteroatoms. The summed E-state index contributed by atoms with van der Waals surface area (Å²) in [5.74, 6) is 0.0480. The molecule has 22 heavy (non-hydrogen) atoms. The second-order valence-corrected chi connectivity index (χ2v) is 6.23. The van der Waals surface area contributed by atoms with Crippen molar-refractivity contribution in [3.63, 3.8) is 0 Å². The van der Waals surface area contributed by atoms with Crippen LogP contribution < -0.4 is 5.73 Å². The van der Waals surface area contributed by atoms with E-state index in [0.717, 1.165) is 17.7 Å². The molecule has 2 N–H and O–H groups in total. The van der Waals surface area contributed by atoms with E-state index in [1.54, 1.807) is 0 Å². The van der Waals surface area contributed by atoms with Crippen LogP contribution in [0.15, 0.2) is 35.5 Å². The smallest absolute Gasteiger partial charge is 0.353 e. The molecular formula is C17H24N2O3. The Balaban J connectivity index is 2.15. The fraction of sp³-hybridized carbons (Fsp3) is 0.529. The van der Waals surface area contributed by atoms with Gasteiger partial charge in [-0.1, -0.05) is 49.3 Å². The van der Waals surface area contributed by atoms with Crippen molar-refractivity contribution >= 4 is 11.7 Å². The number of ether oxygens (including phenoxy) is 1. The molecule has 0 aliphatic carbocycles. The molecule has 5 nitrogen and oxygen atoms in total. The number of hydrogen-bond donors (Lipinski definition) is 1. The van der Waals surface area contributed by atoms with E-state index in [1.807, 2.05) is 30.3 Å². The number of esters is 1. The Kier molecular flexibility index (Phi) is 5.19. The number of hydrogen-bond acceptors (Lipinski definition) is 5. The highest BCUT2D eigenvalue weighted by Crippen LogP contribution is 2.31. The minimum atomic E-state index is -1.10. The Morgan fingerprint density at radius 3 is 2.68 bits per heavy atom. The maximum atomic E-state index is 12.3. The molecular weight excluding hydrogens is 280 g/mol. The van der Waals surface area contributed by atoms with Gasteiger partial charge in [0.2, 0.25) is 5.60 Å². The molecule has 2 atom stereocenters. The van der Waals surface area contributed by atoms with Gasteiger partial charge in [-0.3, -0.25) is 0 Å². The average molecular weight is 304 g/mol. The summed E-state index contributed by atoms with van der Waals surface area (Å²) < 4.78 is 4.94. The van der Waals surface area contributed by atoms with E-state index in [-0.39, 0.29) is 6.04 Å². The first-order valence-electron chi connectivity index (χ1n) is 7.59. The maximum Gasteiger partial charge on any atom is 0.353 e. The zero-order valence-electron chi connectivity index (χ0n) is 13.4. The number of carbonyl (C=O) groups is 1. The van der Waals surface area contributed by atoms with Crippen LogP contribution in [0.4, 0.5) is 0 Å². The van der Waals surface area contributed by atoms with Crippen LogP contribution in [0.3, 0.4) is 0 Å². The van der Waals surface area contributed by atoms with Gasteiger partial charge in [0, 0.05) is 18.9 Å². The SMILES string of the molecule is COC(=O)C1(Cc2ccccc2)CC([C@@H](N)CC(C)C)=NO1. The third kappa shape index (κ3) is 3.65. The summed E-state index contributed by atoms with van der Waals surface area (Å²) in [4.78, 5) is 17.8. The molecule has 0 saturated carbocycles. The van der Waals surface area contributed by atoms with Gasteiger partial charge in [-0.2, -0.15) is 0 Å². The standard InChI is InChI=1S/C17H24N2O3/c1-12(2)9-14(18)15-11-17(22-19-15,16(20)21-3)10-13-7-5-4-6-8-13/h4-8,12,14H,9-11,18H2,1-3H3/t14-,17?/m0/s1. The molecule has 0 fully saturated rings. The van der Waals surface area contributed by atoms with Crippen LogP contribution in [-0.4, -0.2) is 30.4 Å². The maximum absolute atomic E-state index is 12.3. The second-order valence-electron chi connectivity index (χ2n) is 6.23. The minimum Gasteiger partial charge on any atom is -0.466 e. The summed E-state index contributed by atoms with van der Waals surface area (Å²) in [6.45, 7) is 4.21. The van der Waals surface area contributed by atoms with Gasteiger partial charge in [0.15, 0.2) is 0 Å². The molecule has 1 aliphatic heterocycles. The fourth-order valence-corrected chi connectivity index (χ4v) is 2.73. The lowest BCUT2D eigenvalue weighted by atomic mass is 9.86. The minimum absolute atomic E-state index is 0.192. The Morgan fingerprint density at radius 2 is 2.09 bits per heavy atom. The first kappa shape index (κ1) is 16.5. The van der Waals surface area contributed by atoms with Gasteiger partial charge in [-0.25, -0.2) is 4.79 Å². The Labute approximate surface area is 131 Å². The highest BCUT2D eigenvalue weighted by atomic mass is 16.7. The van der Waals surface area contributed by atoms with Crippen molar-refractivity contribution in [1.29, 1.82) is 0 Å².